The largest absolute Gasteiger partial charge is 0.477 e. The van der Waals surface area contributed by atoms with E-state index in [1.807, 2.05) is 6.92 Å². The molecule has 0 bridgehead atoms. The van der Waals surface area contributed by atoms with Crippen molar-refractivity contribution in [3.63, 3.8) is 0 Å². The number of carboxylic acid groups (broad SMARTS) is 1. The highest BCUT2D eigenvalue weighted by Gasteiger charge is 2.47. The van der Waals surface area contributed by atoms with Gasteiger partial charge in [-0.15, -0.1) is 0 Å². The topological polar surface area (TPSA) is 57.6 Å². The zero-order valence-corrected chi connectivity index (χ0v) is 6.65. The van der Waals surface area contributed by atoms with Crippen LogP contribution in [0.15, 0.2) is 11.8 Å². The summed E-state index contributed by atoms with van der Waals surface area (Å²) in [5, 5.41) is 8.71. The van der Waals surface area contributed by atoms with Crippen LogP contribution in [0.5, 0.6) is 0 Å². The molecule has 1 saturated heterocycles. The van der Waals surface area contributed by atoms with Crippen LogP contribution in [0.3, 0.4) is 0 Å². The molecule has 0 spiro atoms. The Bertz CT molecular complexity index is 295. The number of hydrogen-bond donors (Lipinski definition) is 1. The predicted octanol–water partition coefficient (Wildman–Crippen LogP) is 0.205. The first kappa shape index (κ1) is 7.34. The molecule has 12 heavy (non-hydrogen) atoms. The smallest absolute Gasteiger partial charge is 0.352 e. The average molecular weight is 167 g/mol. The standard InChI is InChI=1S/C8H9NO3/c1-4-2-6(8(11)12)9-5(4)3-7(9)10/h2,4-5H,3H2,1H3,(H,11,12). The SMILES string of the molecule is CC1C=C(C(=O)O)N2C(=O)CC12. The Hall–Kier alpha value is -1.32. The number of hydrogen-bond acceptors (Lipinski definition) is 2. The summed E-state index contributed by atoms with van der Waals surface area (Å²) < 4.78 is 0. The summed E-state index contributed by atoms with van der Waals surface area (Å²) in [5.41, 5.74) is 0.156. The van der Waals surface area contributed by atoms with Gasteiger partial charge in [-0.2, -0.15) is 0 Å². The van der Waals surface area contributed by atoms with Crippen LogP contribution in [0.4, 0.5) is 0 Å². The summed E-state index contributed by atoms with van der Waals surface area (Å²) in [6.45, 7) is 1.93. The number of rotatable bonds is 1. The number of carbonyl (C=O) groups excluding carboxylic acids is 1. The molecule has 1 amide bonds. The first-order valence-corrected chi connectivity index (χ1v) is 3.88. The van der Waals surface area contributed by atoms with E-state index in [2.05, 4.69) is 0 Å². The van der Waals surface area contributed by atoms with Crippen molar-refractivity contribution in [2.45, 2.75) is 19.4 Å². The van der Waals surface area contributed by atoms with Gasteiger partial charge in [0.15, 0.2) is 0 Å². The fourth-order valence-corrected chi connectivity index (χ4v) is 1.79. The van der Waals surface area contributed by atoms with Crippen LogP contribution in [0.1, 0.15) is 13.3 Å². The molecular formula is C8H9NO3. The minimum Gasteiger partial charge on any atom is -0.477 e. The van der Waals surface area contributed by atoms with Gasteiger partial charge in [-0.05, 0) is 12.0 Å². The molecule has 0 aromatic rings. The zero-order chi connectivity index (χ0) is 8.88. The summed E-state index contributed by atoms with van der Waals surface area (Å²) in [7, 11) is 0. The van der Waals surface area contributed by atoms with E-state index in [4.69, 9.17) is 5.11 Å². The Morgan fingerprint density at radius 1 is 1.75 bits per heavy atom. The maximum atomic E-state index is 11.0. The van der Waals surface area contributed by atoms with Crippen molar-refractivity contribution < 1.29 is 14.7 Å². The number of aliphatic carboxylic acids is 1. The van der Waals surface area contributed by atoms with Gasteiger partial charge in [-0.25, -0.2) is 4.79 Å². The molecule has 1 N–H and O–H groups in total. The lowest BCUT2D eigenvalue weighted by molar-refractivity contribution is -0.148. The third kappa shape index (κ3) is 0.719. The highest BCUT2D eigenvalue weighted by Crippen LogP contribution is 2.37. The van der Waals surface area contributed by atoms with Gasteiger partial charge in [0.05, 0.1) is 6.04 Å². The van der Waals surface area contributed by atoms with Crippen molar-refractivity contribution in [2.24, 2.45) is 5.92 Å². The van der Waals surface area contributed by atoms with Gasteiger partial charge >= 0.3 is 5.97 Å². The molecule has 2 atom stereocenters. The second kappa shape index (κ2) is 2.09. The third-order valence-corrected chi connectivity index (χ3v) is 2.49. The van der Waals surface area contributed by atoms with E-state index in [9.17, 15) is 9.59 Å². The molecule has 2 heterocycles. The predicted molar refractivity (Wildman–Crippen MR) is 40.1 cm³/mol. The Kier molecular flexibility index (Phi) is 1.28. The highest BCUT2D eigenvalue weighted by molar-refractivity contribution is 5.97. The monoisotopic (exact) mass is 167 g/mol. The molecule has 4 nitrogen and oxygen atoms in total. The van der Waals surface area contributed by atoms with E-state index in [1.165, 1.54) is 4.90 Å². The fraction of sp³-hybridized carbons (Fsp3) is 0.500. The lowest BCUT2D eigenvalue weighted by Gasteiger charge is -2.37. The number of amides is 1. The highest BCUT2D eigenvalue weighted by atomic mass is 16.4. The normalized spacial score (nSPS) is 32.6. The molecule has 4 heteroatoms. The number of carboxylic acids is 1. The first-order chi connectivity index (χ1) is 5.61. The lowest BCUT2D eigenvalue weighted by atomic mass is 9.94. The van der Waals surface area contributed by atoms with Crippen LogP contribution >= 0.6 is 0 Å². The summed E-state index contributed by atoms with van der Waals surface area (Å²) >= 11 is 0. The van der Waals surface area contributed by atoms with Crippen LogP contribution in [0.25, 0.3) is 0 Å². The molecule has 2 rings (SSSR count). The molecule has 0 aromatic carbocycles. The van der Waals surface area contributed by atoms with Crippen molar-refractivity contribution in [2.75, 3.05) is 0 Å². The number of fused-ring (bicyclic) bond motifs is 1. The van der Waals surface area contributed by atoms with E-state index in [-0.39, 0.29) is 23.6 Å². The molecule has 64 valence electrons. The molecule has 1 fully saturated rings. The van der Waals surface area contributed by atoms with Gasteiger partial charge in [-0.1, -0.05) is 6.92 Å². The number of carbonyl (C=O) groups is 2. The van der Waals surface area contributed by atoms with Gasteiger partial charge in [0.25, 0.3) is 0 Å². The fourth-order valence-electron chi connectivity index (χ4n) is 1.79. The van der Waals surface area contributed by atoms with Crippen LogP contribution in [-0.4, -0.2) is 27.9 Å². The molecule has 0 radical (unpaired) electrons. The van der Waals surface area contributed by atoms with Crippen LogP contribution in [0, 0.1) is 5.92 Å². The summed E-state index contributed by atoms with van der Waals surface area (Å²) in [4.78, 5) is 23.0. The van der Waals surface area contributed by atoms with E-state index in [0.29, 0.717) is 6.42 Å². The minimum absolute atomic E-state index is 0.0713. The van der Waals surface area contributed by atoms with Gasteiger partial charge in [0.2, 0.25) is 5.91 Å². The van der Waals surface area contributed by atoms with Crippen molar-refractivity contribution >= 4 is 11.9 Å². The van der Waals surface area contributed by atoms with E-state index in [1.54, 1.807) is 6.08 Å². The van der Waals surface area contributed by atoms with E-state index in [0.717, 1.165) is 0 Å². The number of nitrogens with zero attached hydrogens (tertiary/aromatic N) is 1. The Balaban J connectivity index is 2.29. The van der Waals surface area contributed by atoms with Gasteiger partial charge < -0.3 is 10.0 Å². The Morgan fingerprint density at radius 2 is 2.42 bits per heavy atom. The average Bonchev–Trinajstić information content (AvgIpc) is 2.22. The lowest BCUT2D eigenvalue weighted by Crippen LogP contribution is -2.51. The van der Waals surface area contributed by atoms with E-state index >= 15 is 0 Å². The van der Waals surface area contributed by atoms with Crippen molar-refractivity contribution in [3.8, 4) is 0 Å². The van der Waals surface area contributed by atoms with Crippen LogP contribution < -0.4 is 0 Å². The quantitative estimate of drug-likeness (QED) is 0.568. The molecule has 0 saturated carbocycles. The summed E-state index contributed by atoms with van der Waals surface area (Å²) in [6, 6.07) is 0.114. The van der Waals surface area contributed by atoms with Gasteiger partial charge in [0.1, 0.15) is 5.70 Å². The third-order valence-electron chi connectivity index (χ3n) is 2.49. The van der Waals surface area contributed by atoms with Gasteiger partial charge in [0, 0.05) is 6.42 Å². The van der Waals surface area contributed by atoms with Crippen molar-refractivity contribution in [3.05, 3.63) is 11.8 Å². The molecule has 0 aromatic heterocycles. The second-order valence-electron chi connectivity index (χ2n) is 3.25. The molecule has 2 unspecified atom stereocenters. The second-order valence-corrected chi connectivity index (χ2v) is 3.25. The molecule has 2 aliphatic rings. The summed E-state index contributed by atoms with van der Waals surface area (Å²) in [6.07, 6.45) is 2.15. The van der Waals surface area contributed by atoms with Gasteiger partial charge in [-0.3, -0.25) is 4.79 Å². The van der Waals surface area contributed by atoms with Crippen LogP contribution in [-0.2, 0) is 9.59 Å². The molecule has 2 aliphatic heterocycles. The summed E-state index contributed by atoms with van der Waals surface area (Å²) in [5.74, 6) is -0.885. The molecular weight excluding hydrogens is 158 g/mol. The van der Waals surface area contributed by atoms with E-state index < -0.39 is 5.97 Å². The van der Waals surface area contributed by atoms with Crippen LogP contribution in [0.2, 0.25) is 0 Å². The number of β-lactam (4-membered cyclic amide) rings is 1. The Morgan fingerprint density at radius 3 is 2.83 bits per heavy atom. The minimum atomic E-state index is -1.00. The maximum absolute atomic E-state index is 11.0. The maximum Gasteiger partial charge on any atom is 0.352 e. The van der Waals surface area contributed by atoms with Crippen molar-refractivity contribution in [1.29, 1.82) is 0 Å². The van der Waals surface area contributed by atoms with Crippen molar-refractivity contribution in [1.82, 2.24) is 4.90 Å². The molecule has 0 aliphatic carbocycles. The Labute approximate surface area is 69.5 Å². The zero-order valence-electron chi connectivity index (χ0n) is 6.65. The first-order valence-electron chi connectivity index (χ1n) is 3.88.